The number of thiophene rings is 1. The highest BCUT2D eigenvalue weighted by Gasteiger charge is 2.27. The SMILES string of the molecule is CCOC(=O)c1sc(NC(=O)NN=Cc2ccc(Cl)cc2Cl)c(C(=O)OCC)c1C. The summed E-state index contributed by atoms with van der Waals surface area (Å²) in [4.78, 5) is 36.9. The van der Waals surface area contributed by atoms with Crippen LogP contribution >= 0.6 is 34.5 Å². The van der Waals surface area contributed by atoms with Crippen LogP contribution in [0.1, 0.15) is 45.0 Å². The maximum absolute atomic E-state index is 12.3. The van der Waals surface area contributed by atoms with Crippen molar-refractivity contribution in [1.29, 1.82) is 0 Å². The molecule has 2 rings (SSSR count). The second kappa shape index (κ2) is 11.0. The number of benzene rings is 1. The van der Waals surface area contributed by atoms with Crippen LogP contribution in [-0.2, 0) is 9.47 Å². The number of carbonyl (C=O) groups excluding carboxylic acids is 3. The van der Waals surface area contributed by atoms with Gasteiger partial charge < -0.3 is 9.47 Å². The summed E-state index contributed by atoms with van der Waals surface area (Å²) >= 11 is 12.8. The Morgan fingerprint density at radius 1 is 1.13 bits per heavy atom. The number of rotatable bonds is 7. The molecule has 1 heterocycles. The summed E-state index contributed by atoms with van der Waals surface area (Å²) < 4.78 is 10.0. The fourth-order valence-electron chi connectivity index (χ4n) is 2.34. The fraction of sp³-hybridized carbons (Fsp3) is 0.263. The van der Waals surface area contributed by atoms with Crippen molar-refractivity contribution < 1.29 is 23.9 Å². The minimum absolute atomic E-state index is 0.0878. The molecule has 8 nitrogen and oxygen atoms in total. The molecule has 0 bridgehead atoms. The smallest absolute Gasteiger partial charge is 0.348 e. The number of hydrazone groups is 1. The van der Waals surface area contributed by atoms with Crippen molar-refractivity contribution in [2.75, 3.05) is 18.5 Å². The fourth-order valence-corrected chi connectivity index (χ4v) is 3.88. The summed E-state index contributed by atoms with van der Waals surface area (Å²) in [7, 11) is 0. The number of amides is 2. The normalized spacial score (nSPS) is 10.7. The molecule has 0 radical (unpaired) electrons. The Bertz CT molecular complexity index is 991. The summed E-state index contributed by atoms with van der Waals surface area (Å²) in [5.74, 6) is -1.25. The summed E-state index contributed by atoms with van der Waals surface area (Å²) in [6, 6.07) is 4.09. The topological polar surface area (TPSA) is 106 Å². The minimum Gasteiger partial charge on any atom is -0.462 e. The number of ether oxygens (including phenoxy) is 2. The molecule has 0 saturated carbocycles. The molecule has 0 unspecified atom stereocenters. The van der Waals surface area contributed by atoms with E-state index in [2.05, 4.69) is 15.8 Å². The summed E-state index contributed by atoms with van der Waals surface area (Å²) in [5.41, 5.74) is 3.27. The average molecular weight is 472 g/mol. The van der Waals surface area contributed by atoms with Crippen LogP contribution in [0.3, 0.4) is 0 Å². The van der Waals surface area contributed by atoms with Crippen molar-refractivity contribution >= 4 is 63.7 Å². The monoisotopic (exact) mass is 471 g/mol. The first-order chi connectivity index (χ1) is 14.3. The zero-order chi connectivity index (χ0) is 22.3. The van der Waals surface area contributed by atoms with E-state index >= 15 is 0 Å². The molecule has 0 aliphatic carbocycles. The molecule has 0 aliphatic rings. The average Bonchev–Trinajstić information content (AvgIpc) is 3.00. The predicted octanol–water partition coefficient (Wildman–Crippen LogP) is 4.87. The zero-order valence-corrected chi connectivity index (χ0v) is 18.7. The molecule has 0 aliphatic heterocycles. The summed E-state index contributed by atoms with van der Waals surface area (Å²) in [6.45, 7) is 5.22. The lowest BCUT2D eigenvalue weighted by molar-refractivity contribution is 0.0527. The van der Waals surface area contributed by atoms with E-state index < -0.39 is 18.0 Å². The van der Waals surface area contributed by atoms with Crippen molar-refractivity contribution in [3.63, 3.8) is 0 Å². The Hall–Kier alpha value is -2.62. The molecular formula is C19H19Cl2N3O5S. The molecule has 160 valence electrons. The Morgan fingerprint density at radius 2 is 1.80 bits per heavy atom. The molecule has 0 spiro atoms. The largest absolute Gasteiger partial charge is 0.462 e. The van der Waals surface area contributed by atoms with Gasteiger partial charge in [-0.25, -0.2) is 19.8 Å². The van der Waals surface area contributed by atoms with Crippen LogP contribution in [-0.4, -0.2) is 37.4 Å². The number of hydrogen-bond acceptors (Lipinski definition) is 7. The lowest BCUT2D eigenvalue weighted by Gasteiger charge is -2.06. The first-order valence-corrected chi connectivity index (χ1v) is 10.4. The lowest BCUT2D eigenvalue weighted by atomic mass is 10.1. The van der Waals surface area contributed by atoms with E-state index in [1.54, 1.807) is 39.0 Å². The van der Waals surface area contributed by atoms with Gasteiger partial charge in [0.15, 0.2) is 0 Å². The van der Waals surface area contributed by atoms with Gasteiger partial charge in [0.2, 0.25) is 0 Å². The molecule has 1 aromatic heterocycles. The maximum Gasteiger partial charge on any atom is 0.348 e. The minimum atomic E-state index is -0.724. The molecular weight excluding hydrogens is 453 g/mol. The zero-order valence-electron chi connectivity index (χ0n) is 16.4. The van der Waals surface area contributed by atoms with Crippen molar-refractivity contribution in [2.24, 2.45) is 5.10 Å². The van der Waals surface area contributed by atoms with Crippen LogP contribution in [0.5, 0.6) is 0 Å². The van der Waals surface area contributed by atoms with Crippen molar-refractivity contribution in [1.82, 2.24) is 5.43 Å². The van der Waals surface area contributed by atoms with Crippen LogP contribution in [0, 0.1) is 6.92 Å². The van der Waals surface area contributed by atoms with Gasteiger partial charge in [0, 0.05) is 10.6 Å². The molecule has 0 saturated heterocycles. The molecule has 30 heavy (non-hydrogen) atoms. The van der Waals surface area contributed by atoms with Gasteiger partial charge in [-0.05, 0) is 38.5 Å². The van der Waals surface area contributed by atoms with Gasteiger partial charge >= 0.3 is 18.0 Å². The third-order valence-corrected chi connectivity index (χ3v) is 5.40. The molecule has 0 fully saturated rings. The van der Waals surface area contributed by atoms with E-state index in [0.717, 1.165) is 11.3 Å². The van der Waals surface area contributed by atoms with Crippen LogP contribution in [0.2, 0.25) is 10.0 Å². The third-order valence-electron chi connectivity index (χ3n) is 3.65. The number of anilines is 1. The molecule has 11 heteroatoms. The second-order valence-electron chi connectivity index (χ2n) is 5.69. The Morgan fingerprint density at radius 3 is 2.43 bits per heavy atom. The number of hydrogen-bond donors (Lipinski definition) is 2. The number of esters is 2. The Labute approximate surface area is 187 Å². The summed E-state index contributed by atoms with van der Waals surface area (Å²) in [6.07, 6.45) is 1.34. The number of nitrogens with one attached hydrogen (secondary N) is 2. The van der Waals surface area contributed by atoms with Gasteiger partial charge in [0.1, 0.15) is 9.88 Å². The van der Waals surface area contributed by atoms with Crippen molar-refractivity contribution in [3.05, 3.63) is 49.8 Å². The van der Waals surface area contributed by atoms with E-state index in [9.17, 15) is 14.4 Å². The first kappa shape index (κ1) is 23.7. The molecule has 1 aromatic carbocycles. The molecule has 2 N–H and O–H groups in total. The van der Waals surface area contributed by atoms with Gasteiger partial charge in [-0.15, -0.1) is 11.3 Å². The second-order valence-corrected chi connectivity index (χ2v) is 7.56. The van der Waals surface area contributed by atoms with Gasteiger partial charge in [-0.3, -0.25) is 5.32 Å². The van der Waals surface area contributed by atoms with Crippen molar-refractivity contribution in [3.8, 4) is 0 Å². The highest BCUT2D eigenvalue weighted by Crippen LogP contribution is 2.34. The molecule has 2 amide bonds. The Kier molecular flexibility index (Phi) is 8.64. The molecule has 2 aromatic rings. The molecule has 0 atom stereocenters. The Balaban J connectivity index is 2.19. The highest BCUT2D eigenvalue weighted by atomic mass is 35.5. The maximum atomic E-state index is 12.3. The third kappa shape index (κ3) is 5.94. The van der Waals surface area contributed by atoms with E-state index in [1.165, 1.54) is 6.21 Å². The van der Waals surface area contributed by atoms with E-state index in [4.69, 9.17) is 32.7 Å². The predicted molar refractivity (Wildman–Crippen MR) is 117 cm³/mol. The van der Waals surface area contributed by atoms with Gasteiger partial charge in [-0.1, -0.05) is 29.3 Å². The van der Waals surface area contributed by atoms with Crippen LogP contribution in [0.15, 0.2) is 23.3 Å². The number of urea groups is 1. The van der Waals surface area contributed by atoms with Gasteiger partial charge in [0.25, 0.3) is 0 Å². The number of carbonyl (C=O) groups is 3. The van der Waals surface area contributed by atoms with E-state index in [0.29, 0.717) is 21.2 Å². The number of halogens is 2. The summed E-state index contributed by atoms with van der Waals surface area (Å²) in [5, 5.41) is 7.31. The standard InChI is InChI=1S/C19H19Cl2N3O5S/c1-4-28-17(25)14-10(3)15(18(26)29-5-2)30-16(14)23-19(27)24-22-9-11-6-7-12(20)8-13(11)21/h6-9H,4-5H2,1-3H3,(H2,23,24,27). The lowest BCUT2D eigenvalue weighted by Crippen LogP contribution is -2.24. The van der Waals surface area contributed by atoms with Crippen molar-refractivity contribution in [2.45, 2.75) is 20.8 Å². The van der Waals surface area contributed by atoms with E-state index in [1.807, 2.05) is 0 Å². The highest BCUT2D eigenvalue weighted by molar-refractivity contribution is 7.18. The van der Waals surface area contributed by atoms with Gasteiger partial charge in [0.05, 0.1) is 30.0 Å². The van der Waals surface area contributed by atoms with Crippen LogP contribution < -0.4 is 10.7 Å². The number of nitrogens with zero attached hydrogens (tertiary/aromatic N) is 1. The van der Waals surface area contributed by atoms with E-state index in [-0.39, 0.29) is 28.7 Å². The van der Waals surface area contributed by atoms with Crippen LogP contribution in [0.25, 0.3) is 0 Å². The first-order valence-electron chi connectivity index (χ1n) is 8.81. The van der Waals surface area contributed by atoms with Crippen LogP contribution in [0.4, 0.5) is 9.80 Å². The van der Waals surface area contributed by atoms with Gasteiger partial charge in [-0.2, -0.15) is 5.10 Å². The quantitative estimate of drug-likeness (QED) is 0.340.